The van der Waals surface area contributed by atoms with Crippen LogP contribution in [0.2, 0.25) is 0 Å². The van der Waals surface area contributed by atoms with E-state index in [1.165, 1.54) is 12.1 Å². The second kappa shape index (κ2) is 9.60. The van der Waals surface area contributed by atoms with Crippen molar-refractivity contribution in [1.82, 2.24) is 10.2 Å². The molecule has 1 fully saturated rings. The number of hydrogen-bond donors (Lipinski definition) is 1. The van der Waals surface area contributed by atoms with Crippen LogP contribution in [0.15, 0.2) is 65.6 Å². The lowest BCUT2D eigenvalue weighted by atomic mass is 10.0. The number of nitrogens with one attached hydrogen (secondary N) is 1. The SMILES string of the molecule is CCN(CC)C(CN[C@H]1CS(=O)(=O)C[C@@H]1S(=O)(=O)c1ccccc1)c1ccccc1. The summed E-state index contributed by atoms with van der Waals surface area (Å²) >= 11 is 0. The first-order valence-corrected chi connectivity index (χ1v) is 13.7. The van der Waals surface area contributed by atoms with Crippen LogP contribution >= 0.6 is 0 Å². The standard InChI is InChI=1S/C22H30N2O4S2/c1-3-24(4-2)21(18-11-7-5-8-12-18)15-23-20-16-29(25,26)17-22(20)30(27,28)19-13-9-6-10-14-19/h5-14,20-23H,3-4,15-17H2,1-2H3/t20-,21?,22-/m0/s1. The number of sulfone groups is 2. The zero-order chi connectivity index (χ0) is 21.8. The van der Waals surface area contributed by atoms with Crippen LogP contribution in [0.25, 0.3) is 0 Å². The van der Waals surface area contributed by atoms with E-state index in [4.69, 9.17) is 0 Å². The molecular weight excluding hydrogens is 420 g/mol. The third-order valence-corrected chi connectivity index (χ3v) is 9.95. The Morgan fingerprint density at radius 2 is 1.53 bits per heavy atom. The van der Waals surface area contributed by atoms with Crippen molar-refractivity contribution >= 4 is 19.7 Å². The Morgan fingerprint density at radius 1 is 0.967 bits per heavy atom. The molecule has 30 heavy (non-hydrogen) atoms. The first kappa shape index (κ1) is 22.9. The highest BCUT2D eigenvalue weighted by Crippen LogP contribution is 2.27. The van der Waals surface area contributed by atoms with E-state index in [-0.39, 0.29) is 22.4 Å². The van der Waals surface area contributed by atoms with Crippen molar-refractivity contribution in [2.75, 3.05) is 31.1 Å². The lowest BCUT2D eigenvalue weighted by Gasteiger charge is -2.32. The van der Waals surface area contributed by atoms with Crippen molar-refractivity contribution in [2.24, 2.45) is 0 Å². The molecule has 0 spiro atoms. The highest BCUT2D eigenvalue weighted by Gasteiger charge is 2.45. The lowest BCUT2D eigenvalue weighted by molar-refractivity contribution is 0.209. The van der Waals surface area contributed by atoms with Crippen LogP contribution in [0.4, 0.5) is 0 Å². The fraction of sp³-hybridized carbons (Fsp3) is 0.455. The number of likely N-dealkylation sites (N-methyl/N-ethyl adjacent to an activating group) is 1. The van der Waals surface area contributed by atoms with Crippen molar-refractivity contribution < 1.29 is 16.8 Å². The quantitative estimate of drug-likeness (QED) is 0.631. The van der Waals surface area contributed by atoms with Gasteiger partial charge in [-0.25, -0.2) is 16.8 Å². The lowest BCUT2D eigenvalue weighted by Crippen LogP contribution is -2.47. The molecule has 0 aliphatic carbocycles. The maximum atomic E-state index is 13.2. The third-order valence-electron chi connectivity index (χ3n) is 5.78. The van der Waals surface area contributed by atoms with Crippen molar-refractivity contribution in [3.8, 4) is 0 Å². The van der Waals surface area contributed by atoms with Gasteiger partial charge in [0, 0.05) is 18.6 Å². The van der Waals surface area contributed by atoms with Gasteiger partial charge in [-0.3, -0.25) is 4.90 Å². The zero-order valence-corrected chi connectivity index (χ0v) is 19.1. The molecule has 164 valence electrons. The molecule has 8 heteroatoms. The van der Waals surface area contributed by atoms with E-state index in [2.05, 4.69) is 24.1 Å². The maximum absolute atomic E-state index is 13.2. The predicted molar refractivity (Wildman–Crippen MR) is 120 cm³/mol. The minimum Gasteiger partial charge on any atom is -0.310 e. The van der Waals surface area contributed by atoms with Gasteiger partial charge in [-0.1, -0.05) is 62.4 Å². The zero-order valence-electron chi connectivity index (χ0n) is 17.4. The Morgan fingerprint density at radius 3 is 2.10 bits per heavy atom. The fourth-order valence-electron chi connectivity index (χ4n) is 4.16. The average molecular weight is 451 g/mol. The Kier molecular flexibility index (Phi) is 7.34. The molecular formula is C22H30N2O4S2. The summed E-state index contributed by atoms with van der Waals surface area (Å²) in [5.41, 5.74) is 1.12. The Hall–Kier alpha value is -1.74. The van der Waals surface area contributed by atoms with Gasteiger partial charge in [0.2, 0.25) is 0 Å². The summed E-state index contributed by atoms with van der Waals surface area (Å²) < 4.78 is 51.1. The summed E-state index contributed by atoms with van der Waals surface area (Å²) in [6.45, 7) is 6.33. The van der Waals surface area contributed by atoms with E-state index in [0.717, 1.165) is 18.7 Å². The monoisotopic (exact) mass is 450 g/mol. The Balaban J connectivity index is 1.85. The Bertz CT molecular complexity index is 1020. The van der Waals surface area contributed by atoms with Gasteiger partial charge in [-0.05, 0) is 30.8 Å². The van der Waals surface area contributed by atoms with Gasteiger partial charge in [-0.2, -0.15) is 0 Å². The second-order valence-corrected chi connectivity index (χ2v) is 12.0. The number of hydrogen-bond acceptors (Lipinski definition) is 6. The molecule has 3 rings (SSSR count). The molecule has 1 aliphatic heterocycles. The van der Waals surface area contributed by atoms with E-state index in [0.29, 0.717) is 6.54 Å². The molecule has 2 aromatic carbocycles. The molecule has 0 bridgehead atoms. The first-order valence-electron chi connectivity index (χ1n) is 10.3. The smallest absolute Gasteiger partial charge is 0.183 e. The molecule has 0 radical (unpaired) electrons. The molecule has 3 atom stereocenters. The van der Waals surface area contributed by atoms with Crippen molar-refractivity contribution in [2.45, 2.75) is 36.1 Å². The highest BCUT2D eigenvalue weighted by atomic mass is 32.2. The molecule has 1 aliphatic rings. The largest absolute Gasteiger partial charge is 0.310 e. The topological polar surface area (TPSA) is 83.6 Å². The van der Waals surface area contributed by atoms with Gasteiger partial charge in [0.25, 0.3) is 0 Å². The van der Waals surface area contributed by atoms with Crippen LogP contribution in [-0.4, -0.2) is 64.2 Å². The minimum absolute atomic E-state index is 0.0320. The molecule has 6 nitrogen and oxygen atoms in total. The van der Waals surface area contributed by atoms with Crippen molar-refractivity contribution in [3.63, 3.8) is 0 Å². The molecule has 1 N–H and O–H groups in total. The molecule has 0 saturated carbocycles. The summed E-state index contributed by atoms with van der Waals surface area (Å²) in [6.07, 6.45) is 0. The van der Waals surface area contributed by atoms with Crippen molar-refractivity contribution in [1.29, 1.82) is 0 Å². The summed E-state index contributed by atoms with van der Waals surface area (Å²) in [7, 11) is -7.19. The van der Waals surface area contributed by atoms with E-state index < -0.39 is 31.0 Å². The van der Waals surface area contributed by atoms with Gasteiger partial charge in [0.1, 0.15) is 0 Å². The molecule has 1 heterocycles. The van der Waals surface area contributed by atoms with Crippen LogP contribution < -0.4 is 5.32 Å². The van der Waals surface area contributed by atoms with Gasteiger partial charge in [0.05, 0.1) is 21.7 Å². The van der Waals surface area contributed by atoms with Gasteiger partial charge >= 0.3 is 0 Å². The molecule has 0 amide bonds. The average Bonchev–Trinajstić information content (AvgIpc) is 3.07. The van der Waals surface area contributed by atoms with E-state index >= 15 is 0 Å². The summed E-state index contributed by atoms with van der Waals surface area (Å²) in [6, 6.07) is 17.5. The van der Waals surface area contributed by atoms with Crippen LogP contribution in [0, 0.1) is 0 Å². The maximum Gasteiger partial charge on any atom is 0.183 e. The molecule has 1 saturated heterocycles. The fourth-order valence-corrected chi connectivity index (χ4v) is 8.89. The Labute approximate surface area is 180 Å². The van der Waals surface area contributed by atoms with Gasteiger partial charge in [0.15, 0.2) is 19.7 Å². The normalized spacial score (nSPS) is 22.2. The van der Waals surface area contributed by atoms with Gasteiger partial charge in [-0.15, -0.1) is 0 Å². The minimum atomic E-state index is -3.76. The van der Waals surface area contributed by atoms with E-state index in [1.54, 1.807) is 18.2 Å². The summed E-state index contributed by atoms with van der Waals surface area (Å²) in [5.74, 6) is -0.507. The summed E-state index contributed by atoms with van der Waals surface area (Å²) in [5, 5.41) is 2.32. The van der Waals surface area contributed by atoms with Crippen LogP contribution in [0.1, 0.15) is 25.5 Å². The molecule has 0 aromatic heterocycles. The third kappa shape index (κ3) is 5.11. The first-order chi connectivity index (χ1) is 14.3. The number of benzene rings is 2. The highest BCUT2D eigenvalue weighted by molar-refractivity contribution is 7.96. The number of rotatable bonds is 9. The van der Waals surface area contributed by atoms with E-state index in [9.17, 15) is 16.8 Å². The van der Waals surface area contributed by atoms with Crippen molar-refractivity contribution in [3.05, 3.63) is 66.2 Å². The van der Waals surface area contributed by atoms with Crippen LogP contribution in [0.5, 0.6) is 0 Å². The van der Waals surface area contributed by atoms with Crippen LogP contribution in [0.3, 0.4) is 0 Å². The summed E-state index contributed by atoms with van der Waals surface area (Å²) in [4.78, 5) is 2.45. The predicted octanol–water partition coefficient (Wildman–Crippen LogP) is 2.30. The van der Waals surface area contributed by atoms with E-state index in [1.807, 2.05) is 30.3 Å². The molecule has 2 aromatic rings. The van der Waals surface area contributed by atoms with Crippen LogP contribution in [-0.2, 0) is 19.7 Å². The van der Waals surface area contributed by atoms with Gasteiger partial charge < -0.3 is 5.32 Å². The number of nitrogens with zero attached hydrogens (tertiary/aromatic N) is 1. The second-order valence-electron chi connectivity index (χ2n) is 7.64. The molecule has 1 unspecified atom stereocenters.